The van der Waals surface area contributed by atoms with E-state index in [0.29, 0.717) is 17.4 Å². The second-order valence-electron chi connectivity index (χ2n) is 6.62. The maximum Gasteiger partial charge on any atom is 0.280 e. The van der Waals surface area contributed by atoms with Crippen molar-refractivity contribution in [1.29, 1.82) is 0 Å². The lowest BCUT2D eigenvalue weighted by molar-refractivity contribution is 0.0979. The summed E-state index contributed by atoms with van der Waals surface area (Å²) >= 11 is 1.52. The molecule has 0 aliphatic rings. The van der Waals surface area contributed by atoms with E-state index in [1.54, 1.807) is 15.6 Å². The maximum atomic E-state index is 13.3. The molecule has 6 heteroatoms. The average molecular weight is 376 g/mol. The summed E-state index contributed by atoms with van der Waals surface area (Å²) < 4.78 is 2.86. The van der Waals surface area contributed by atoms with Gasteiger partial charge in [-0.15, -0.1) is 0 Å². The number of hydrogen-bond acceptors (Lipinski definition) is 4. The molecule has 0 unspecified atom stereocenters. The number of amides is 1. The summed E-state index contributed by atoms with van der Waals surface area (Å²) in [4.78, 5) is 19.7. The molecule has 0 saturated carbocycles. The number of hydrogen-bond donors (Lipinski definition) is 0. The Morgan fingerprint density at radius 3 is 2.52 bits per heavy atom. The average Bonchev–Trinajstić information content (AvgIpc) is 3.33. The molecule has 2 aromatic carbocycles. The molecular formula is C21H20N4OS. The highest BCUT2D eigenvalue weighted by Crippen LogP contribution is 2.30. The zero-order valence-electron chi connectivity index (χ0n) is 15.2. The Hall–Kier alpha value is -2.99. The van der Waals surface area contributed by atoms with E-state index in [1.807, 2.05) is 74.6 Å². The number of rotatable bonds is 5. The van der Waals surface area contributed by atoms with E-state index in [2.05, 4.69) is 10.1 Å². The minimum absolute atomic E-state index is 0.141. The van der Waals surface area contributed by atoms with Gasteiger partial charge in [0.25, 0.3) is 5.91 Å². The lowest BCUT2D eigenvalue weighted by Gasteiger charge is -2.19. The van der Waals surface area contributed by atoms with E-state index in [0.717, 1.165) is 15.8 Å². The summed E-state index contributed by atoms with van der Waals surface area (Å²) in [6.45, 7) is 4.53. The molecule has 4 rings (SSSR count). The van der Waals surface area contributed by atoms with Crippen LogP contribution in [0, 0.1) is 0 Å². The van der Waals surface area contributed by atoms with Crippen LogP contribution in [0.5, 0.6) is 0 Å². The van der Waals surface area contributed by atoms with Gasteiger partial charge < -0.3 is 0 Å². The molecule has 0 aliphatic carbocycles. The fraction of sp³-hybridized carbons (Fsp3) is 0.190. The molecule has 4 aromatic rings. The van der Waals surface area contributed by atoms with Gasteiger partial charge >= 0.3 is 0 Å². The molecule has 5 nitrogen and oxygen atoms in total. The van der Waals surface area contributed by atoms with Crippen LogP contribution in [0.1, 0.15) is 35.9 Å². The third kappa shape index (κ3) is 3.61. The van der Waals surface area contributed by atoms with Crippen molar-refractivity contribution in [2.75, 3.05) is 4.90 Å². The SMILES string of the molecule is CC(C)n1ccc(C(=O)N(Cc2ccccc2)c2nc3ccccc3s2)n1. The largest absolute Gasteiger partial charge is 0.280 e. The highest BCUT2D eigenvalue weighted by molar-refractivity contribution is 7.22. The number of benzene rings is 2. The van der Waals surface area contributed by atoms with Crippen molar-refractivity contribution in [3.63, 3.8) is 0 Å². The Morgan fingerprint density at radius 2 is 1.81 bits per heavy atom. The zero-order chi connectivity index (χ0) is 18.8. The summed E-state index contributed by atoms with van der Waals surface area (Å²) in [6.07, 6.45) is 1.84. The summed E-state index contributed by atoms with van der Waals surface area (Å²) in [6, 6.07) is 19.9. The second-order valence-corrected chi connectivity index (χ2v) is 7.62. The van der Waals surface area contributed by atoms with Crippen molar-refractivity contribution >= 4 is 32.6 Å². The maximum absolute atomic E-state index is 13.3. The van der Waals surface area contributed by atoms with Crippen molar-refractivity contribution in [3.05, 3.63) is 78.1 Å². The molecule has 27 heavy (non-hydrogen) atoms. The molecule has 0 aliphatic heterocycles. The quantitative estimate of drug-likeness (QED) is 0.497. The predicted octanol–water partition coefficient (Wildman–Crippen LogP) is 4.92. The van der Waals surface area contributed by atoms with Crippen LogP contribution in [0.15, 0.2) is 66.9 Å². The van der Waals surface area contributed by atoms with Gasteiger partial charge in [0.05, 0.1) is 16.8 Å². The molecule has 0 bridgehead atoms. The van der Waals surface area contributed by atoms with E-state index >= 15 is 0 Å². The molecular weight excluding hydrogens is 356 g/mol. The Labute approximate surface area is 161 Å². The van der Waals surface area contributed by atoms with Crippen molar-refractivity contribution in [2.24, 2.45) is 0 Å². The van der Waals surface area contributed by atoms with E-state index in [4.69, 9.17) is 0 Å². The third-order valence-corrected chi connectivity index (χ3v) is 5.36. The molecule has 0 N–H and O–H groups in total. The lowest BCUT2D eigenvalue weighted by atomic mass is 10.2. The highest BCUT2D eigenvalue weighted by atomic mass is 32.1. The molecule has 0 spiro atoms. The molecule has 136 valence electrons. The van der Waals surface area contributed by atoms with Crippen LogP contribution in [0.2, 0.25) is 0 Å². The predicted molar refractivity (Wildman–Crippen MR) is 109 cm³/mol. The smallest absolute Gasteiger partial charge is 0.278 e. The van der Waals surface area contributed by atoms with Gasteiger partial charge in [0, 0.05) is 12.2 Å². The van der Waals surface area contributed by atoms with E-state index < -0.39 is 0 Å². The van der Waals surface area contributed by atoms with Crippen molar-refractivity contribution in [3.8, 4) is 0 Å². The molecule has 0 radical (unpaired) electrons. The van der Waals surface area contributed by atoms with Crippen LogP contribution in [0.25, 0.3) is 10.2 Å². The van der Waals surface area contributed by atoms with Gasteiger partial charge in [-0.3, -0.25) is 14.4 Å². The Kier molecular flexibility index (Phi) is 4.73. The molecule has 0 saturated heterocycles. The van der Waals surface area contributed by atoms with E-state index in [-0.39, 0.29) is 11.9 Å². The Bertz CT molecular complexity index is 1030. The van der Waals surface area contributed by atoms with E-state index in [1.165, 1.54) is 11.3 Å². The topological polar surface area (TPSA) is 51.0 Å². The standard InChI is InChI=1S/C21H20N4OS/c1-15(2)25-13-12-18(23-25)20(26)24(14-16-8-4-3-5-9-16)21-22-17-10-6-7-11-19(17)27-21/h3-13,15H,14H2,1-2H3. The van der Waals surface area contributed by atoms with Crippen LogP contribution in [-0.2, 0) is 6.54 Å². The first-order valence-electron chi connectivity index (χ1n) is 8.88. The van der Waals surface area contributed by atoms with Crippen molar-refractivity contribution < 1.29 is 4.79 Å². The summed E-state index contributed by atoms with van der Waals surface area (Å²) in [5.74, 6) is -0.141. The Morgan fingerprint density at radius 1 is 1.07 bits per heavy atom. The van der Waals surface area contributed by atoms with Gasteiger partial charge in [-0.05, 0) is 37.6 Å². The van der Waals surface area contributed by atoms with Crippen LogP contribution in [0.4, 0.5) is 5.13 Å². The van der Waals surface area contributed by atoms with Crippen LogP contribution in [-0.4, -0.2) is 20.7 Å². The molecule has 0 atom stereocenters. The lowest BCUT2D eigenvalue weighted by Crippen LogP contribution is -2.30. The number of fused-ring (bicyclic) bond motifs is 1. The Balaban J connectivity index is 1.73. The number of para-hydroxylation sites is 1. The minimum atomic E-state index is -0.141. The first kappa shape index (κ1) is 17.4. The summed E-state index contributed by atoms with van der Waals surface area (Å²) in [7, 11) is 0. The second kappa shape index (κ2) is 7.32. The summed E-state index contributed by atoms with van der Waals surface area (Å²) in [5, 5.41) is 5.14. The monoisotopic (exact) mass is 376 g/mol. The molecule has 0 fully saturated rings. The first-order chi connectivity index (χ1) is 13.1. The van der Waals surface area contributed by atoms with Crippen molar-refractivity contribution in [2.45, 2.75) is 26.4 Å². The van der Waals surface area contributed by atoms with Gasteiger partial charge in [-0.2, -0.15) is 5.10 Å². The van der Waals surface area contributed by atoms with Gasteiger partial charge in [0.2, 0.25) is 0 Å². The van der Waals surface area contributed by atoms with E-state index in [9.17, 15) is 4.79 Å². The number of carbonyl (C=O) groups excluding carboxylic acids is 1. The summed E-state index contributed by atoms with van der Waals surface area (Å²) in [5.41, 5.74) is 2.38. The van der Waals surface area contributed by atoms with Crippen molar-refractivity contribution in [1.82, 2.24) is 14.8 Å². The molecule has 1 amide bonds. The van der Waals surface area contributed by atoms with Gasteiger partial charge in [0.1, 0.15) is 0 Å². The number of anilines is 1. The fourth-order valence-corrected chi connectivity index (χ4v) is 3.81. The third-order valence-electron chi connectivity index (χ3n) is 4.30. The van der Waals surface area contributed by atoms with Crippen LogP contribution in [0.3, 0.4) is 0 Å². The fourth-order valence-electron chi connectivity index (χ4n) is 2.85. The number of nitrogens with zero attached hydrogens (tertiary/aromatic N) is 4. The van der Waals surface area contributed by atoms with Gasteiger partial charge in [-0.1, -0.05) is 53.8 Å². The molecule has 2 heterocycles. The zero-order valence-corrected chi connectivity index (χ0v) is 16.1. The first-order valence-corrected chi connectivity index (χ1v) is 9.70. The highest BCUT2D eigenvalue weighted by Gasteiger charge is 2.23. The van der Waals surface area contributed by atoms with Crippen LogP contribution < -0.4 is 4.90 Å². The van der Waals surface area contributed by atoms with Crippen LogP contribution >= 0.6 is 11.3 Å². The normalized spacial score (nSPS) is 11.2. The number of carbonyl (C=O) groups is 1. The number of thiazole rings is 1. The van der Waals surface area contributed by atoms with Gasteiger partial charge in [-0.25, -0.2) is 4.98 Å². The number of aromatic nitrogens is 3. The van der Waals surface area contributed by atoms with Gasteiger partial charge in [0.15, 0.2) is 10.8 Å². The minimum Gasteiger partial charge on any atom is -0.278 e. The molecule has 2 aromatic heterocycles.